The van der Waals surface area contributed by atoms with Crippen LogP contribution >= 0.6 is 11.6 Å². The van der Waals surface area contributed by atoms with Gasteiger partial charge in [0.05, 0.1) is 16.4 Å². The maximum atomic E-state index is 6.32. The summed E-state index contributed by atoms with van der Waals surface area (Å²) in [5, 5.41) is 8.74. The van der Waals surface area contributed by atoms with Crippen molar-refractivity contribution in [2.45, 2.75) is 46.1 Å². The van der Waals surface area contributed by atoms with Gasteiger partial charge in [-0.3, -0.25) is 4.68 Å². The third-order valence-corrected chi connectivity index (χ3v) is 3.36. The molecule has 3 nitrogen and oxygen atoms in total. The van der Waals surface area contributed by atoms with Gasteiger partial charge in [0.15, 0.2) is 0 Å². The first-order valence-electron chi connectivity index (χ1n) is 6.07. The van der Waals surface area contributed by atoms with E-state index in [9.17, 15) is 0 Å². The minimum absolute atomic E-state index is 0.489. The Bertz CT molecular complexity index is 333. The van der Waals surface area contributed by atoms with Gasteiger partial charge in [0.25, 0.3) is 0 Å². The standard InChI is InChI=1S/C12H22ClN3/c1-5-9(14-7-3)8-11-12(13)10(6-2)15-16(11)4/h9,14H,5-8H2,1-4H3. The topological polar surface area (TPSA) is 29.9 Å². The third-order valence-electron chi connectivity index (χ3n) is 2.93. The first-order valence-corrected chi connectivity index (χ1v) is 6.45. The minimum atomic E-state index is 0.489. The van der Waals surface area contributed by atoms with E-state index < -0.39 is 0 Å². The Morgan fingerprint density at radius 1 is 1.38 bits per heavy atom. The average molecular weight is 244 g/mol. The maximum Gasteiger partial charge on any atom is 0.0850 e. The van der Waals surface area contributed by atoms with Gasteiger partial charge in [0.2, 0.25) is 0 Å². The van der Waals surface area contributed by atoms with Crippen molar-refractivity contribution in [3.05, 3.63) is 16.4 Å². The zero-order valence-electron chi connectivity index (χ0n) is 10.7. The Hall–Kier alpha value is -0.540. The Balaban J connectivity index is 2.82. The summed E-state index contributed by atoms with van der Waals surface area (Å²) in [6.45, 7) is 7.40. The molecular weight excluding hydrogens is 222 g/mol. The van der Waals surface area contributed by atoms with Crippen molar-refractivity contribution in [3.63, 3.8) is 0 Å². The van der Waals surface area contributed by atoms with Gasteiger partial charge in [0.1, 0.15) is 0 Å². The van der Waals surface area contributed by atoms with Gasteiger partial charge in [-0.05, 0) is 19.4 Å². The van der Waals surface area contributed by atoms with Crippen LogP contribution in [0, 0.1) is 0 Å². The number of nitrogens with zero attached hydrogens (tertiary/aromatic N) is 2. The first-order chi connectivity index (χ1) is 7.63. The molecule has 1 aromatic heterocycles. The van der Waals surface area contributed by atoms with Crippen molar-refractivity contribution in [3.8, 4) is 0 Å². The largest absolute Gasteiger partial charge is 0.314 e. The number of hydrogen-bond acceptors (Lipinski definition) is 2. The van der Waals surface area contributed by atoms with Gasteiger partial charge in [-0.15, -0.1) is 0 Å². The first kappa shape index (κ1) is 13.5. The molecule has 92 valence electrons. The van der Waals surface area contributed by atoms with Gasteiger partial charge < -0.3 is 5.32 Å². The summed E-state index contributed by atoms with van der Waals surface area (Å²) in [6.07, 6.45) is 2.95. The number of aromatic nitrogens is 2. The molecule has 0 radical (unpaired) electrons. The lowest BCUT2D eigenvalue weighted by Gasteiger charge is -2.15. The van der Waals surface area contributed by atoms with E-state index in [1.165, 1.54) is 0 Å². The fourth-order valence-corrected chi connectivity index (χ4v) is 2.30. The number of rotatable bonds is 6. The summed E-state index contributed by atoms with van der Waals surface area (Å²) >= 11 is 6.32. The second-order valence-corrected chi connectivity index (χ2v) is 4.43. The molecule has 0 aromatic carbocycles. The maximum absolute atomic E-state index is 6.32. The van der Waals surface area contributed by atoms with Crippen molar-refractivity contribution in [1.82, 2.24) is 15.1 Å². The summed E-state index contributed by atoms with van der Waals surface area (Å²) in [7, 11) is 1.97. The van der Waals surface area contributed by atoms with E-state index in [1.807, 2.05) is 11.7 Å². The molecule has 0 fully saturated rings. The molecular formula is C12H22ClN3. The van der Waals surface area contributed by atoms with Crippen molar-refractivity contribution < 1.29 is 0 Å². The predicted octanol–water partition coefficient (Wildman–Crippen LogP) is 2.57. The fourth-order valence-electron chi connectivity index (χ4n) is 1.92. The van der Waals surface area contributed by atoms with Crippen LogP contribution < -0.4 is 5.32 Å². The molecule has 0 aliphatic carbocycles. The predicted molar refractivity (Wildman–Crippen MR) is 69.1 cm³/mol. The molecule has 1 rings (SSSR count). The van der Waals surface area contributed by atoms with Crippen molar-refractivity contribution in [2.24, 2.45) is 7.05 Å². The second-order valence-electron chi connectivity index (χ2n) is 4.05. The van der Waals surface area contributed by atoms with Crippen LogP contribution in [0.3, 0.4) is 0 Å². The molecule has 1 heterocycles. The zero-order valence-corrected chi connectivity index (χ0v) is 11.4. The second kappa shape index (κ2) is 6.26. The third kappa shape index (κ3) is 2.98. The fraction of sp³-hybridized carbons (Fsp3) is 0.750. The summed E-state index contributed by atoms with van der Waals surface area (Å²) in [4.78, 5) is 0. The van der Waals surface area contributed by atoms with Gasteiger partial charge in [-0.2, -0.15) is 5.10 Å². The molecule has 0 saturated carbocycles. The van der Waals surface area contributed by atoms with Gasteiger partial charge in [-0.25, -0.2) is 0 Å². The summed E-state index contributed by atoms with van der Waals surface area (Å²) in [5.41, 5.74) is 2.15. The van der Waals surface area contributed by atoms with Crippen LogP contribution in [0.15, 0.2) is 0 Å². The molecule has 1 aromatic rings. The Labute approximate surface area is 103 Å². The Morgan fingerprint density at radius 2 is 2.06 bits per heavy atom. The van der Waals surface area contributed by atoms with E-state index in [2.05, 4.69) is 31.2 Å². The van der Waals surface area contributed by atoms with Crippen LogP contribution in [0.1, 0.15) is 38.6 Å². The van der Waals surface area contributed by atoms with Gasteiger partial charge >= 0.3 is 0 Å². The molecule has 0 aliphatic rings. The number of nitrogens with one attached hydrogen (secondary N) is 1. The van der Waals surface area contributed by atoms with E-state index in [1.54, 1.807) is 0 Å². The molecule has 4 heteroatoms. The monoisotopic (exact) mass is 243 g/mol. The van der Waals surface area contributed by atoms with Crippen molar-refractivity contribution >= 4 is 11.6 Å². The quantitative estimate of drug-likeness (QED) is 0.832. The normalized spacial score (nSPS) is 13.1. The van der Waals surface area contributed by atoms with E-state index in [-0.39, 0.29) is 0 Å². The smallest absolute Gasteiger partial charge is 0.0850 e. The molecule has 1 N–H and O–H groups in total. The van der Waals surface area contributed by atoms with Crippen LogP contribution in [0.25, 0.3) is 0 Å². The Morgan fingerprint density at radius 3 is 2.50 bits per heavy atom. The lowest BCUT2D eigenvalue weighted by atomic mass is 10.1. The molecule has 1 unspecified atom stereocenters. The number of halogens is 1. The van der Waals surface area contributed by atoms with E-state index in [0.29, 0.717) is 6.04 Å². The highest BCUT2D eigenvalue weighted by Gasteiger charge is 2.16. The molecule has 0 amide bonds. The highest BCUT2D eigenvalue weighted by atomic mass is 35.5. The number of likely N-dealkylation sites (N-methyl/N-ethyl adjacent to an activating group) is 1. The van der Waals surface area contributed by atoms with Crippen LogP contribution in [-0.4, -0.2) is 22.4 Å². The van der Waals surface area contributed by atoms with E-state index in [4.69, 9.17) is 11.6 Å². The number of aryl methyl sites for hydroxylation is 2. The summed E-state index contributed by atoms with van der Waals surface area (Å²) in [6, 6.07) is 0.489. The number of hydrogen-bond donors (Lipinski definition) is 1. The van der Waals surface area contributed by atoms with Crippen LogP contribution in [0.2, 0.25) is 5.02 Å². The van der Waals surface area contributed by atoms with Crippen molar-refractivity contribution in [1.29, 1.82) is 0 Å². The molecule has 1 atom stereocenters. The van der Waals surface area contributed by atoms with E-state index in [0.717, 1.165) is 42.2 Å². The summed E-state index contributed by atoms with van der Waals surface area (Å²) < 4.78 is 1.92. The Kier molecular flexibility index (Phi) is 5.29. The minimum Gasteiger partial charge on any atom is -0.314 e. The SMILES string of the molecule is CCNC(CC)Cc1c(Cl)c(CC)nn1C. The lowest BCUT2D eigenvalue weighted by molar-refractivity contribution is 0.494. The molecule has 0 bridgehead atoms. The molecule has 16 heavy (non-hydrogen) atoms. The van der Waals surface area contributed by atoms with Crippen LogP contribution in [-0.2, 0) is 19.9 Å². The van der Waals surface area contributed by atoms with Crippen LogP contribution in [0.5, 0.6) is 0 Å². The van der Waals surface area contributed by atoms with Crippen LogP contribution in [0.4, 0.5) is 0 Å². The lowest BCUT2D eigenvalue weighted by Crippen LogP contribution is -2.31. The molecule has 0 saturated heterocycles. The highest BCUT2D eigenvalue weighted by Crippen LogP contribution is 2.22. The highest BCUT2D eigenvalue weighted by molar-refractivity contribution is 6.31. The van der Waals surface area contributed by atoms with Crippen molar-refractivity contribution in [2.75, 3.05) is 6.54 Å². The van der Waals surface area contributed by atoms with E-state index >= 15 is 0 Å². The zero-order chi connectivity index (χ0) is 12.1. The van der Waals surface area contributed by atoms with Gasteiger partial charge in [0, 0.05) is 19.5 Å². The molecule has 0 aliphatic heterocycles. The van der Waals surface area contributed by atoms with Gasteiger partial charge in [-0.1, -0.05) is 32.4 Å². The molecule has 0 spiro atoms. The summed E-state index contributed by atoms with van der Waals surface area (Å²) in [5.74, 6) is 0. The average Bonchev–Trinajstić information content (AvgIpc) is 2.55.